The summed E-state index contributed by atoms with van der Waals surface area (Å²) in [6, 6.07) is 16.1. The maximum Gasteiger partial charge on any atom is 0.336 e. The van der Waals surface area contributed by atoms with Gasteiger partial charge in [0.15, 0.2) is 23.0 Å². The molecule has 0 N–H and O–H groups in total. The van der Waals surface area contributed by atoms with Gasteiger partial charge in [-0.15, -0.1) is 19.7 Å². The topological polar surface area (TPSA) is 242 Å². The molecule has 4 aromatic carbocycles. The van der Waals surface area contributed by atoms with Crippen molar-refractivity contribution in [3.63, 3.8) is 0 Å². The molecule has 0 unspecified atom stereocenters. The van der Waals surface area contributed by atoms with Crippen LogP contribution in [0.5, 0.6) is 46.0 Å². The molecule has 22 heteroatoms. The zero-order valence-corrected chi connectivity index (χ0v) is 43.9. The van der Waals surface area contributed by atoms with Gasteiger partial charge in [-0.25, -0.2) is 53.3 Å². The molecule has 22 nitrogen and oxygen atoms in total. The summed E-state index contributed by atoms with van der Waals surface area (Å²) >= 11 is 0. The van der Waals surface area contributed by atoms with Crippen LogP contribution < -0.4 is 37.9 Å². The minimum Gasteiger partial charge on any atom is -0.487 e. The Hall–Kier alpha value is -9.03. The first kappa shape index (κ1) is 63.5. The van der Waals surface area contributed by atoms with Crippen molar-refractivity contribution in [2.75, 3.05) is 99.1 Å². The van der Waals surface area contributed by atoms with E-state index in [0.717, 1.165) is 18.2 Å². The van der Waals surface area contributed by atoms with Gasteiger partial charge in [-0.3, -0.25) is 0 Å². The van der Waals surface area contributed by atoms with Crippen LogP contribution in [0.1, 0.15) is 11.1 Å². The Bertz CT molecular complexity index is 2780. The maximum absolute atomic E-state index is 13.3. The molecule has 0 aliphatic carbocycles. The van der Waals surface area contributed by atoms with E-state index in [1.807, 2.05) is 0 Å². The first-order valence-corrected chi connectivity index (χ1v) is 24.4. The number of hydrogen-bond acceptors (Lipinski definition) is 22. The number of benzene rings is 4. The number of rotatable bonds is 42. The van der Waals surface area contributed by atoms with Crippen molar-refractivity contribution in [2.45, 2.75) is 0 Å². The van der Waals surface area contributed by atoms with Crippen molar-refractivity contribution in [1.29, 1.82) is 0 Å². The Morgan fingerprint density at radius 3 is 1.05 bits per heavy atom. The van der Waals surface area contributed by atoms with Crippen LogP contribution in [0.15, 0.2) is 149 Å². The average Bonchev–Trinajstić information content (AvgIpc) is 3.47. The maximum atomic E-state index is 13.3. The molecule has 4 aromatic rings. The average molecular weight is 1110 g/mol. The molecule has 0 saturated heterocycles. The van der Waals surface area contributed by atoms with Gasteiger partial charge in [-0.1, -0.05) is 50.1 Å². The van der Waals surface area contributed by atoms with Gasteiger partial charge >= 0.3 is 29.8 Å². The number of carbonyl (C=O) groups excluding carboxylic acids is 5. The Labute approximate surface area is 461 Å². The number of esters is 5. The van der Waals surface area contributed by atoms with E-state index in [4.69, 9.17) is 81.4 Å². The van der Waals surface area contributed by atoms with Crippen LogP contribution in [0.3, 0.4) is 0 Å². The van der Waals surface area contributed by atoms with Gasteiger partial charge in [0.2, 0.25) is 11.5 Å². The predicted octanol–water partition coefficient (Wildman–Crippen LogP) is 7.94. The van der Waals surface area contributed by atoms with Crippen molar-refractivity contribution in [3.8, 4) is 46.0 Å². The molecule has 426 valence electrons. The normalized spacial score (nSPS) is 10.8. The quantitative estimate of drug-likeness (QED) is 0.00597. The number of hydrogen-bond donors (Lipinski definition) is 0. The van der Waals surface area contributed by atoms with Gasteiger partial charge < -0.3 is 52.1 Å². The molecule has 0 aromatic heterocycles. The highest BCUT2D eigenvalue weighted by atomic mass is 17.2. The lowest BCUT2D eigenvalue weighted by atomic mass is 10.1. The van der Waals surface area contributed by atoms with E-state index < -0.39 is 29.8 Å². The molecule has 4 rings (SSSR count). The molecular weight excluding hydrogens is 1050 g/mol. The number of fused-ring (bicyclic) bond motifs is 1. The van der Waals surface area contributed by atoms with Crippen LogP contribution in [-0.4, -0.2) is 129 Å². The van der Waals surface area contributed by atoms with Gasteiger partial charge in [0, 0.05) is 41.5 Å². The zero-order chi connectivity index (χ0) is 57.6. The molecule has 0 amide bonds. The molecule has 0 spiro atoms. The summed E-state index contributed by atoms with van der Waals surface area (Å²) in [6.07, 6.45) is 12.8. The second kappa shape index (κ2) is 37.7. The van der Waals surface area contributed by atoms with Gasteiger partial charge in [-0.2, -0.15) is 0 Å². The molecule has 0 heterocycles. The fraction of sp³-hybridized carbons (Fsp3) is 0.259. The van der Waals surface area contributed by atoms with E-state index in [0.29, 0.717) is 21.9 Å². The lowest BCUT2D eigenvalue weighted by Crippen LogP contribution is -2.15. The van der Waals surface area contributed by atoms with Crippen molar-refractivity contribution < 1.29 is 105 Å². The molecule has 80 heavy (non-hydrogen) atoms. The summed E-state index contributed by atoms with van der Waals surface area (Å²) in [6.45, 7) is 20.5. The summed E-state index contributed by atoms with van der Waals surface area (Å²) < 4.78 is 62.4. The minimum atomic E-state index is -0.759. The predicted molar refractivity (Wildman–Crippen MR) is 289 cm³/mol. The van der Waals surface area contributed by atoms with Crippen LogP contribution in [0.25, 0.3) is 22.9 Å². The molecule has 0 bridgehead atoms. The van der Waals surface area contributed by atoms with Crippen LogP contribution in [-0.2, 0) is 67.5 Å². The van der Waals surface area contributed by atoms with Crippen LogP contribution in [0.4, 0.5) is 0 Å². The number of carbonyl (C=O) groups is 5. The van der Waals surface area contributed by atoms with Gasteiger partial charge in [-0.05, 0) is 71.5 Å². The lowest BCUT2D eigenvalue weighted by Gasteiger charge is -2.19. The fourth-order valence-corrected chi connectivity index (χ4v) is 6.17. The minimum absolute atomic E-state index is 0.00131. The third kappa shape index (κ3) is 23.7. The fourth-order valence-electron chi connectivity index (χ4n) is 6.17. The van der Waals surface area contributed by atoms with E-state index >= 15 is 0 Å². The molecular formula is C58H62O22. The van der Waals surface area contributed by atoms with Crippen LogP contribution in [0, 0.1) is 0 Å². The standard InChI is InChI=1S/C58H62O22/c1-7-25-73-76-37-34-65-49-22-16-42(55(69-32-30-67-51(60)11-5)58(49)72-36-39-78-75-27-9-3)17-23-53(62)79-46-19-13-45-41-47(20-14-44(45)40-46)80-54(63)24-18-43-15-21-48(64-28-29-66-50(59)10-4)57(71-33-31-68-52(61)12-6)56(43)70-35-38-77-74-26-8-2/h7-24,40-41H,1-6,25-39H2/b23-17+,24-18+. The highest BCUT2D eigenvalue weighted by molar-refractivity contribution is 5.93. The first-order chi connectivity index (χ1) is 39.0. The molecule has 0 fully saturated rings. The Morgan fingerprint density at radius 1 is 0.350 bits per heavy atom. The summed E-state index contributed by atoms with van der Waals surface area (Å²) in [5.74, 6) is -2.24. The summed E-state index contributed by atoms with van der Waals surface area (Å²) in [5.41, 5.74) is 0.700. The van der Waals surface area contributed by atoms with Gasteiger partial charge in [0.25, 0.3) is 0 Å². The third-order valence-corrected chi connectivity index (χ3v) is 9.52. The third-order valence-electron chi connectivity index (χ3n) is 9.52. The van der Waals surface area contributed by atoms with Crippen LogP contribution >= 0.6 is 0 Å². The Kier molecular flexibility index (Phi) is 29.9. The summed E-state index contributed by atoms with van der Waals surface area (Å²) in [5, 5.41) is 1.29. The smallest absolute Gasteiger partial charge is 0.336 e. The second-order valence-electron chi connectivity index (χ2n) is 15.2. The van der Waals surface area contributed by atoms with Gasteiger partial charge in [0.05, 0.1) is 0 Å². The first-order valence-electron chi connectivity index (χ1n) is 24.4. The van der Waals surface area contributed by atoms with Gasteiger partial charge in [0.1, 0.15) is 111 Å². The van der Waals surface area contributed by atoms with Crippen LogP contribution in [0.2, 0.25) is 0 Å². The molecule has 0 aliphatic heterocycles. The summed E-state index contributed by atoms with van der Waals surface area (Å²) in [7, 11) is 0. The molecule has 0 saturated carbocycles. The lowest BCUT2D eigenvalue weighted by molar-refractivity contribution is -0.289. The Balaban J connectivity index is 1.52. The highest BCUT2D eigenvalue weighted by Crippen LogP contribution is 2.43. The molecule has 0 aliphatic rings. The van der Waals surface area contributed by atoms with E-state index in [1.54, 1.807) is 60.7 Å². The van der Waals surface area contributed by atoms with E-state index in [2.05, 4.69) is 39.5 Å². The van der Waals surface area contributed by atoms with E-state index in [9.17, 15) is 24.0 Å². The molecule has 0 atom stereocenters. The monoisotopic (exact) mass is 1110 g/mol. The summed E-state index contributed by atoms with van der Waals surface area (Å²) in [4.78, 5) is 91.9. The largest absolute Gasteiger partial charge is 0.487 e. The second-order valence-corrected chi connectivity index (χ2v) is 15.2. The van der Waals surface area contributed by atoms with E-state index in [-0.39, 0.29) is 145 Å². The van der Waals surface area contributed by atoms with E-state index in [1.165, 1.54) is 42.5 Å². The van der Waals surface area contributed by atoms with Crippen molar-refractivity contribution in [2.24, 2.45) is 0 Å². The number of ether oxygens (including phenoxy) is 11. The SMILES string of the molecule is C=CCOOCCOc1ccc(/C=C/C(=O)Oc2ccc3cc(OC(=O)/C=C/c4ccc(OCCOC(=O)C=C)c(OCCOC(=O)C=C)c4OCCOOCC=C)ccc3c2)c(OCCOC(=O)C=C)c1OCCOOCC=C. The highest BCUT2D eigenvalue weighted by Gasteiger charge is 2.21. The molecule has 0 radical (unpaired) electrons. The van der Waals surface area contributed by atoms with Crippen molar-refractivity contribution in [3.05, 3.63) is 160 Å². The zero-order valence-electron chi connectivity index (χ0n) is 43.9. The Morgan fingerprint density at radius 2 is 0.688 bits per heavy atom. The van der Waals surface area contributed by atoms with Crippen molar-refractivity contribution in [1.82, 2.24) is 0 Å². The van der Waals surface area contributed by atoms with Crippen molar-refractivity contribution >= 4 is 52.8 Å².